The maximum absolute atomic E-state index is 15.0. The topological polar surface area (TPSA) is 122 Å². The second-order valence-electron chi connectivity index (χ2n) is 15.5. The summed E-state index contributed by atoms with van der Waals surface area (Å²) in [5.74, 6) is -0.185. The standard InChI is InChI=1S/C40H52FN7O4/c1-42-36(29-7-3-2-4-8-29)39(52)47-19-15-40(16-20-47)13-17-45(18-14-40)27-35(49)46-21-23-48(24-22-46)38(51)32-25-28(11-12-33(32)41)26-34-30-9-5-6-10-31(30)37(50)44-43-34/h5-6,9-12,25,29,36,42H,2-4,7-8,13-24,26-27H2,1H3,(H,44,50). The number of hydrogen-bond donors (Lipinski definition) is 2. The maximum atomic E-state index is 15.0. The van der Waals surface area contributed by atoms with Gasteiger partial charge in [0, 0.05) is 51.1 Å². The molecule has 1 unspecified atom stereocenters. The van der Waals surface area contributed by atoms with Crippen molar-refractivity contribution in [3.63, 3.8) is 0 Å². The summed E-state index contributed by atoms with van der Waals surface area (Å²) in [6.07, 6.45) is 10.5. The SMILES string of the molecule is CNC(C(=O)N1CCC2(CCN(CC(=O)N3CCN(C(=O)c4cc(Cc5n[nH]c(=O)c6ccccc56)ccc4F)CC3)CC2)CC1)C1CCCCC1. The Labute approximate surface area is 304 Å². The molecule has 4 heterocycles. The number of piperazine rings is 1. The van der Waals surface area contributed by atoms with Crippen molar-refractivity contribution in [2.24, 2.45) is 11.3 Å². The first kappa shape index (κ1) is 36.2. The Kier molecular flexibility index (Phi) is 11.0. The monoisotopic (exact) mass is 713 g/mol. The molecule has 3 aromatic rings. The molecule has 0 radical (unpaired) electrons. The second kappa shape index (κ2) is 15.8. The average molecular weight is 714 g/mol. The smallest absolute Gasteiger partial charge is 0.272 e. The van der Waals surface area contributed by atoms with E-state index in [1.807, 2.05) is 24.1 Å². The van der Waals surface area contributed by atoms with Gasteiger partial charge in [-0.1, -0.05) is 43.5 Å². The van der Waals surface area contributed by atoms with Crippen LogP contribution in [0.25, 0.3) is 10.8 Å². The number of benzene rings is 2. The predicted molar refractivity (Wildman–Crippen MR) is 197 cm³/mol. The third-order valence-electron chi connectivity index (χ3n) is 12.4. The number of carbonyl (C=O) groups excluding carboxylic acids is 3. The number of rotatable bonds is 8. The molecule has 11 nitrogen and oxygen atoms in total. The molecule has 1 saturated carbocycles. The highest BCUT2D eigenvalue weighted by atomic mass is 19.1. The lowest BCUT2D eigenvalue weighted by atomic mass is 9.71. The molecule has 0 bridgehead atoms. The highest BCUT2D eigenvalue weighted by Gasteiger charge is 2.41. The molecule has 1 atom stereocenters. The minimum Gasteiger partial charge on any atom is -0.341 e. The lowest BCUT2D eigenvalue weighted by molar-refractivity contribution is -0.139. The van der Waals surface area contributed by atoms with Crippen molar-refractivity contribution in [1.29, 1.82) is 0 Å². The van der Waals surface area contributed by atoms with Crippen LogP contribution < -0.4 is 10.9 Å². The number of aromatic amines is 1. The Morgan fingerprint density at radius 2 is 1.52 bits per heavy atom. The molecule has 3 amide bonds. The summed E-state index contributed by atoms with van der Waals surface area (Å²) in [7, 11) is 1.93. The number of amides is 3. The number of nitrogens with zero attached hydrogens (tertiary/aromatic N) is 5. The number of halogens is 1. The van der Waals surface area contributed by atoms with Gasteiger partial charge in [-0.2, -0.15) is 5.10 Å². The largest absolute Gasteiger partial charge is 0.341 e. The molecule has 1 aliphatic carbocycles. The van der Waals surface area contributed by atoms with Crippen molar-refractivity contribution in [1.82, 2.24) is 35.1 Å². The zero-order chi connectivity index (χ0) is 36.2. The van der Waals surface area contributed by atoms with E-state index in [1.54, 1.807) is 29.2 Å². The Morgan fingerprint density at radius 1 is 0.865 bits per heavy atom. The average Bonchev–Trinajstić information content (AvgIpc) is 3.18. The summed E-state index contributed by atoms with van der Waals surface area (Å²) in [5.41, 5.74) is 1.32. The van der Waals surface area contributed by atoms with Gasteiger partial charge in [0.15, 0.2) is 0 Å². The van der Waals surface area contributed by atoms with Crippen LogP contribution in [0, 0.1) is 17.2 Å². The minimum absolute atomic E-state index is 0.00507. The van der Waals surface area contributed by atoms with Gasteiger partial charge in [0.2, 0.25) is 11.8 Å². The first-order chi connectivity index (χ1) is 25.2. The van der Waals surface area contributed by atoms with Gasteiger partial charge in [0.05, 0.1) is 29.2 Å². The van der Waals surface area contributed by atoms with E-state index in [9.17, 15) is 23.6 Å². The number of hydrogen-bond acceptors (Lipinski definition) is 7. The number of piperidine rings is 2. The summed E-state index contributed by atoms with van der Waals surface area (Å²) in [6, 6.07) is 11.6. The van der Waals surface area contributed by atoms with Crippen molar-refractivity contribution in [2.45, 2.75) is 70.3 Å². The van der Waals surface area contributed by atoms with Gasteiger partial charge in [-0.05, 0) is 93.8 Å². The summed E-state index contributed by atoms with van der Waals surface area (Å²) in [6.45, 7) is 5.27. The van der Waals surface area contributed by atoms with E-state index in [0.717, 1.165) is 70.1 Å². The number of nitrogens with one attached hydrogen (secondary N) is 2. The second-order valence-corrected chi connectivity index (χ2v) is 15.5. The van der Waals surface area contributed by atoms with Crippen LogP contribution >= 0.6 is 0 Å². The van der Waals surface area contributed by atoms with Gasteiger partial charge in [-0.15, -0.1) is 0 Å². The van der Waals surface area contributed by atoms with Crippen LogP contribution in [0.15, 0.2) is 47.3 Å². The third kappa shape index (κ3) is 7.78. The molecule has 4 fully saturated rings. The van der Waals surface area contributed by atoms with Crippen LogP contribution in [0.2, 0.25) is 0 Å². The van der Waals surface area contributed by atoms with Crippen LogP contribution in [-0.2, 0) is 16.0 Å². The van der Waals surface area contributed by atoms with Crippen molar-refractivity contribution in [3.05, 3.63) is 75.5 Å². The first-order valence-corrected chi connectivity index (χ1v) is 19.2. The quantitative estimate of drug-likeness (QED) is 0.364. The summed E-state index contributed by atoms with van der Waals surface area (Å²) < 4.78 is 15.0. The van der Waals surface area contributed by atoms with Gasteiger partial charge in [0.25, 0.3) is 11.5 Å². The number of likely N-dealkylation sites (N-methyl/N-ethyl adjacent to an activating group) is 1. The van der Waals surface area contributed by atoms with E-state index in [4.69, 9.17) is 0 Å². The number of H-pyrrole nitrogens is 1. The highest BCUT2D eigenvalue weighted by molar-refractivity contribution is 5.95. The van der Waals surface area contributed by atoms with E-state index >= 15 is 0 Å². The molecular formula is C40H52FN7O4. The van der Waals surface area contributed by atoms with Crippen LogP contribution in [-0.4, -0.2) is 120 Å². The zero-order valence-electron chi connectivity index (χ0n) is 30.4. The molecule has 2 N–H and O–H groups in total. The Bertz CT molecular complexity index is 1820. The highest BCUT2D eigenvalue weighted by Crippen LogP contribution is 2.41. The fraction of sp³-hybridized carbons (Fsp3) is 0.575. The van der Waals surface area contributed by atoms with Crippen LogP contribution in [0.5, 0.6) is 0 Å². The van der Waals surface area contributed by atoms with Gasteiger partial charge in [-0.3, -0.25) is 24.1 Å². The molecular weight excluding hydrogens is 661 g/mol. The van der Waals surface area contributed by atoms with E-state index < -0.39 is 11.7 Å². The van der Waals surface area contributed by atoms with Crippen LogP contribution in [0.4, 0.5) is 4.39 Å². The minimum atomic E-state index is -0.590. The van der Waals surface area contributed by atoms with Crippen LogP contribution in [0.1, 0.15) is 79.4 Å². The molecule has 278 valence electrons. The molecule has 1 spiro atoms. The molecule has 4 aliphatic rings. The molecule has 2 aromatic carbocycles. The lowest BCUT2D eigenvalue weighted by Gasteiger charge is -2.47. The third-order valence-corrected chi connectivity index (χ3v) is 12.4. The molecule has 7 rings (SSSR count). The zero-order valence-corrected chi connectivity index (χ0v) is 30.4. The Morgan fingerprint density at radius 3 is 2.21 bits per heavy atom. The molecule has 12 heteroatoms. The van der Waals surface area contributed by atoms with Gasteiger partial charge in [0.1, 0.15) is 5.82 Å². The molecule has 3 aliphatic heterocycles. The number of likely N-dealkylation sites (tertiary alicyclic amines) is 2. The number of fused-ring (bicyclic) bond motifs is 1. The van der Waals surface area contributed by atoms with Crippen molar-refractivity contribution in [3.8, 4) is 0 Å². The predicted octanol–water partition coefficient (Wildman–Crippen LogP) is 3.81. The summed E-state index contributed by atoms with van der Waals surface area (Å²) in [5, 5.41) is 11.3. The van der Waals surface area contributed by atoms with E-state index in [-0.39, 0.29) is 34.4 Å². The fourth-order valence-corrected chi connectivity index (χ4v) is 9.08. The molecule has 52 heavy (non-hydrogen) atoms. The first-order valence-electron chi connectivity index (χ1n) is 19.2. The van der Waals surface area contributed by atoms with Crippen molar-refractivity contribution >= 4 is 28.5 Å². The van der Waals surface area contributed by atoms with E-state index in [0.29, 0.717) is 61.7 Å². The van der Waals surface area contributed by atoms with E-state index in [2.05, 4.69) is 25.3 Å². The van der Waals surface area contributed by atoms with Crippen molar-refractivity contribution < 1.29 is 18.8 Å². The number of carbonyl (C=O) groups is 3. The fourth-order valence-electron chi connectivity index (χ4n) is 9.08. The molecule has 1 aromatic heterocycles. The maximum Gasteiger partial charge on any atom is 0.272 e. The lowest BCUT2D eigenvalue weighted by Crippen LogP contribution is -2.55. The van der Waals surface area contributed by atoms with Gasteiger partial charge in [-0.25, -0.2) is 9.49 Å². The Hall–Kier alpha value is -4.16. The number of aromatic nitrogens is 2. The normalized spacial score (nSPS) is 20.7. The summed E-state index contributed by atoms with van der Waals surface area (Å²) >= 11 is 0. The van der Waals surface area contributed by atoms with Crippen LogP contribution in [0.3, 0.4) is 0 Å². The Balaban J connectivity index is 0.869. The van der Waals surface area contributed by atoms with Gasteiger partial charge >= 0.3 is 0 Å². The molecule has 3 saturated heterocycles. The summed E-state index contributed by atoms with van der Waals surface area (Å²) in [4.78, 5) is 60.3. The van der Waals surface area contributed by atoms with Crippen molar-refractivity contribution in [2.75, 3.05) is 66.0 Å². The van der Waals surface area contributed by atoms with E-state index in [1.165, 1.54) is 25.3 Å². The van der Waals surface area contributed by atoms with Gasteiger partial charge < -0.3 is 20.0 Å².